The third-order valence-corrected chi connectivity index (χ3v) is 4.36. The van der Waals surface area contributed by atoms with E-state index in [4.69, 9.17) is 0 Å². The molecule has 0 saturated heterocycles. The SMILES string of the molecule is CC(C)[C@@H]1Nc2ccc(C(=O)[O-])cc2[C@H]2C=CC[C@H]21. The maximum Gasteiger partial charge on any atom is 0.0715 e. The first-order valence-electron chi connectivity index (χ1n) is 6.86. The maximum atomic E-state index is 11.0. The van der Waals surface area contributed by atoms with Crippen LogP contribution in [0.25, 0.3) is 0 Å². The average molecular weight is 256 g/mol. The molecule has 1 aliphatic heterocycles. The number of hydrogen-bond acceptors (Lipinski definition) is 3. The number of anilines is 1. The summed E-state index contributed by atoms with van der Waals surface area (Å²) in [7, 11) is 0. The fourth-order valence-corrected chi connectivity index (χ4v) is 3.42. The number of benzene rings is 1. The molecular formula is C16H18NO2-. The van der Waals surface area contributed by atoms with Crippen molar-refractivity contribution in [3.63, 3.8) is 0 Å². The van der Waals surface area contributed by atoms with E-state index in [0.717, 1.165) is 17.7 Å². The lowest BCUT2D eigenvalue weighted by atomic mass is 9.75. The molecule has 0 aromatic heterocycles. The summed E-state index contributed by atoms with van der Waals surface area (Å²) >= 11 is 0. The van der Waals surface area contributed by atoms with Crippen molar-refractivity contribution in [1.82, 2.24) is 0 Å². The molecule has 3 atom stereocenters. The third kappa shape index (κ3) is 1.93. The predicted octanol–water partition coefficient (Wildman–Crippen LogP) is 2.16. The van der Waals surface area contributed by atoms with Gasteiger partial charge in [-0.15, -0.1) is 0 Å². The van der Waals surface area contributed by atoms with Crippen molar-refractivity contribution in [2.75, 3.05) is 5.32 Å². The first kappa shape index (κ1) is 12.3. The molecule has 2 aliphatic rings. The number of hydrogen-bond donors (Lipinski definition) is 1. The first-order chi connectivity index (χ1) is 9.08. The van der Waals surface area contributed by atoms with Crippen molar-refractivity contribution < 1.29 is 9.90 Å². The minimum absolute atomic E-state index is 0.266. The van der Waals surface area contributed by atoms with Crippen molar-refractivity contribution in [2.24, 2.45) is 11.8 Å². The van der Waals surface area contributed by atoms with Crippen molar-refractivity contribution in [1.29, 1.82) is 0 Å². The Balaban J connectivity index is 2.05. The Hall–Kier alpha value is -1.77. The number of carboxylic acid groups (broad SMARTS) is 1. The number of allylic oxidation sites excluding steroid dienone is 2. The molecule has 0 bridgehead atoms. The molecule has 1 heterocycles. The van der Waals surface area contributed by atoms with Crippen LogP contribution in [-0.2, 0) is 0 Å². The van der Waals surface area contributed by atoms with Gasteiger partial charge in [0.2, 0.25) is 0 Å². The molecular weight excluding hydrogens is 238 g/mol. The highest BCUT2D eigenvalue weighted by atomic mass is 16.4. The largest absolute Gasteiger partial charge is 0.545 e. The Morgan fingerprint density at radius 1 is 1.42 bits per heavy atom. The fraction of sp³-hybridized carbons (Fsp3) is 0.438. The fourth-order valence-electron chi connectivity index (χ4n) is 3.42. The van der Waals surface area contributed by atoms with Crippen molar-refractivity contribution >= 4 is 11.7 Å². The normalized spacial score (nSPS) is 27.8. The Morgan fingerprint density at radius 3 is 2.89 bits per heavy atom. The van der Waals surface area contributed by atoms with Crippen LogP contribution in [0.15, 0.2) is 30.4 Å². The molecule has 0 radical (unpaired) electrons. The molecule has 0 amide bonds. The second kappa shape index (κ2) is 4.41. The lowest BCUT2D eigenvalue weighted by Crippen LogP contribution is -2.39. The topological polar surface area (TPSA) is 52.2 Å². The highest BCUT2D eigenvalue weighted by Gasteiger charge is 2.38. The highest BCUT2D eigenvalue weighted by molar-refractivity contribution is 5.87. The summed E-state index contributed by atoms with van der Waals surface area (Å²) in [5.74, 6) is 0.320. The molecule has 100 valence electrons. The van der Waals surface area contributed by atoms with Crippen LogP contribution < -0.4 is 10.4 Å². The molecule has 0 saturated carbocycles. The summed E-state index contributed by atoms with van der Waals surface area (Å²) < 4.78 is 0. The summed E-state index contributed by atoms with van der Waals surface area (Å²) in [6.45, 7) is 4.46. The average Bonchev–Trinajstić information content (AvgIpc) is 2.86. The van der Waals surface area contributed by atoms with E-state index in [1.807, 2.05) is 6.07 Å². The van der Waals surface area contributed by atoms with Gasteiger partial charge in [0.15, 0.2) is 0 Å². The number of nitrogens with one attached hydrogen (secondary N) is 1. The van der Waals surface area contributed by atoms with Gasteiger partial charge < -0.3 is 15.2 Å². The van der Waals surface area contributed by atoms with E-state index in [0.29, 0.717) is 23.8 Å². The molecule has 19 heavy (non-hydrogen) atoms. The molecule has 0 fully saturated rings. The van der Waals surface area contributed by atoms with Crippen LogP contribution in [0.3, 0.4) is 0 Å². The van der Waals surface area contributed by atoms with Crippen LogP contribution in [0.4, 0.5) is 5.69 Å². The Bertz CT molecular complexity index is 548. The van der Waals surface area contributed by atoms with Crippen LogP contribution in [-0.4, -0.2) is 12.0 Å². The summed E-state index contributed by atoms with van der Waals surface area (Å²) in [6.07, 6.45) is 5.50. The lowest BCUT2D eigenvalue weighted by molar-refractivity contribution is -0.255. The number of carboxylic acids is 1. The number of carbonyl (C=O) groups is 1. The molecule has 0 unspecified atom stereocenters. The monoisotopic (exact) mass is 256 g/mol. The van der Waals surface area contributed by atoms with Gasteiger partial charge in [-0.25, -0.2) is 0 Å². The highest BCUT2D eigenvalue weighted by Crippen LogP contribution is 2.46. The zero-order valence-electron chi connectivity index (χ0n) is 11.2. The minimum Gasteiger partial charge on any atom is -0.545 e. The van der Waals surface area contributed by atoms with Crippen LogP contribution in [0.5, 0.6) is 0 Å². The Morgan fingerprint density at radius 2 is 2.21 bits per heavy atom. The van der Waals surface area contributed by atoms with Gasteiger partial charge in [-0.05, 0) is 41.5 Å². The number of fused-ring (bicyclic) bond motifs is 3. The van der Waals surface area contributed by atoms with Crippen LogP contribution in [0, 0.1) is 11.8 Å². The zero-order chi connectivity index (χ0) is 13.6. The van der Waals surface area contributed by atoms with Crippen LogP contribution >= 0.6 is 0 Å². The van der Waals surface area contributed by atoms with Crippen molar-refractivity contribution in [2.45, 2.75) is 32.2 Å². The Kier molecular flexibility index (Phi) is 2.85. The van der Waals surface area contributed by atoms with Gasteiger partial charge >= 0.3 is 0 Å². The smallest absolute Gasteiger partial charge is 0.0715 e. The summed E-state index contributed by atoms with van der Waals surface area (Å²) in [6, 6.07) is 5.71. The van der Waals surface area contributed by atoms with E-state index in [-0.39, 0.29) is 5.56 Å². The standard InChI is InChI=1S/C16H19NO2/c1-9(2)15-12-5-3-4-11(12)13-8-10(16(18)19)6-7-14(13)17-15/h3-4,6-9,11-12,15,17H,5H2,1-2H3,(H,18,19)/p-1/t11-,12+,15-/m0/s1. The molecule has 3 nitrogen and oxygen atoms in total. The van der Waals surface area contributed by atoms with E-state index in [9.17, 15) is 9.90 Å². The van der Waals surface area contributed by atoms with Gasteiger partial charge in [-0.2, -0.15) is 0 Å². The molecule has 0 spiro atoms. The number of aromatic carboxylic acids is 1. The van der Waals surface area contributed by atoms with Gasteiger partial charge in [0, 0.05) is 17.6 Å². The lowest BCUT2D eigenvalue weighted by Gasteiger charge is -2.39. The first-order valence-corrected chi connectivity index (χ1v) is 6.86. The second-order valence-electron chi connectivity index (χ2n) is 5.86. The summed E-state index contributed by atoms with van der Waals surface area (Å²) in [4.78, 5) is 11.0. The van der Waals surface area contributed by atoms with Crippen LogP contribution in [0.2, 0.25) is 0 Å². The summed E-state index contributed by atoms with van der Waals surface area (Å²) in [5.41, 5.74) is 2.43. The molecule has 1 N–H and O–H groups in total. The zero-order valence-corrected chi connectivity index (χ0v) is 11.2. The van der Waals surface area contributed by atoms with E-state index in [2.05, 4.69) is 31.3 Å². The minimum atomic E-state index is -1.10. The number of rotatable bonds is 2. The quantitative estimate of drug-likeness (QED) is 0.825. The third-order valence-electron chi connectivity index (χ3n) is 4.36. The van der Waals surface area contributed by atoms with E-state index in [1.165, 1.54) is 0 Å². The van der Waals surface area contributed by atoms with Crippen molar-refractivity contribution in [3.05, 3.63) is 41.5 Å². The van der Waals surface area contributed by atoms with E-state index in [1.54, 1.807) is 12.1 Å². The number of carbonyl (C=O) groups excluding carboxylic acids is 1. The van der Waals surface area contributed by atoms with E-state index < -0.39 is 5.97 Å². The molecule has 3 heteroatoms. The van der Waals surface area contributed by atoms with E-state index >= 15 is 0 Å². The van der Waals surface area contributed by atoms with Gasteiger partial charge in [0.05, 0.1) is 5.97 Å². The predicted molar refractivity (Wildman–Crippen MR) is 73.0 cm³/mol. The van der Waals surface area contributed by atoms with Gasteiger partial charge in [0.25, 0.3) is 0 Å². The second-order valence-corrected chi connectivity index (χ2v) is 5.86. The van der Waals surface area contributed by atoms with Crippen LogP contribution in [0.1, 0.15) is 42.1 Å². The van der Waals surface area contributed by atoms with Gasteiger partial charge in [0.1, 0.15) is 0 Å². The van der Waals surface area contributed by atoms with Crippen molar-refractivity contribution in [3.8, 4) is 0 Å². The Labute approximate surface area is 113 Å². The van der Waals surface area contributed by atoms with Gasteiger partial charge in [-0.3, -0.25) is 0 Å². The summed E-state index contributed by atoms with van der Waals surface area (Å²) in [5, 5.41) is 14.6. The molecule has 1 aromatic carbocycles. The molecule has 1 aliphatic carbocycles. The molecule has 3 rings (SSSR count). The van der Waals surface area contributed by atoms with Gasteiger partial charge in [-0.1, -0.05) is 32.1 Å². The molecule has 1 aromatic rings. The maximum absolute atomic E-state index is 11.0.